The second-order valence-corrected chi connectivity index (χ2v) is 9.51. The van der Waals surface area contributed by atoms with Crippen LogP contribution in [0.2, 0.25) is 0 Å². The summed E-state index contributed by atoms with van der Waals surface area (Å²) in [6, 6.07) is 12.0. The molecule has 0 saturated carbocycles. The van der Waals surface area contributed by atoms with E-state index in [0.717, 1.165) is 5.56 Å². The van der Waals surface area contributed by atoms with Crippen molar-refractivity contribution < 1.29 is 28.9 Å². The van der Waals surface area contributed by atoms with Gasteiger partial charge in [-0.2, -0.15) is 0 Å². The quantitative estimate of drug-likeness (QED) is 0.239. The van der Waals surface area contributed by atoms with Crippen molar-refractivity contribution >= 4 is 17.4 Å². The smallest absolute Gasteiger partial charge is 0.295 e. The molecule has 1 saturated heterocycles. The third-order valence-electron chi connectivity index (χ3n) is 6.09. The SMILES string of the molecule is CCOc1cccc(C2/C(=C(\O)c3cc(C(C)(C)C)ccc3OC)C(=O)C(=O)N2CCCOC)c1. The lowest BCUT2D eigenvalue weighted by Crippen LogP contribution is -2.31. The zero-order valence-electron chi connectivity index (χ0n) is 21.4. The zero-order chi connectivity index (χ0) is 25.8. The Kier molecular flexibility index (Phi) is 8.22. The predicted octanol–water partition coefficient (Wildman–Crippen LogP) is 4.85. The molecule has 1 fully saturated rings. The number of hydrogen-bond acceptors (Lipinski definition) is 6. The Morgan fingerprint density at radius 1 is 1.09 bits per heavy atom. The van der Waals surface area contributed by atoms with E-state index in [4.69, 9.17) is 14.2 Å². The van der Waals surface area contributed by atoms with Crippen LogP contribution in [0.1, 0.15) is 56.8 Å². The average molecular weight is 482 g/mol. The maximum absolute atomic E-state index is 13.3. The summed E-state index contributed by atoms with van der Waals surface area (Å²) in [5, 5.41) is 11.5. The maximum Gasteiger partial charge on any atom is 0.295 e. The summed E-state index contributed by atoms with van der Waals surface area (Å²) in [4.78, 5) is 28.0. The minimum absolute atomic E-state index is 0.0328. The van der Waals surface area contributed by atoms with E-state index < -0.39 is 17.7 Å². The molecular formula is C28H35NO6. The molecule has 2 aromatic rings. The van der Waals surface area contributed by atoms with E-state index >= 15 is 0 Å². The lowest BCUT2D eigenvalue weighted by Gasteiger charge is -2.26. The molecule has 0 radical (unpaired) electrons. The standard InChI is InChI=1S/C28H35NO6/c1-7-35-20-11-8-10-18(16-20)24-23(26(31)27(32)29(24)14-9-15-33-5)25(30)21-17-19(28(2,3)4)12-13-22(21)34-6/h8,10-13,16-17,24,30H,7,9,14-15H2,1-6H3/b25-23+. The molecule has 7 nitrogen and oxygen atoms in total. The van der Waals surface area contributed by atoms with Gasteiger partial charge in [-0.25, -0.2) is 0 Å². The first kappa shape index (κ1) is 26.3. The first-order chi connectivity index (χ1) is 16.6. The van der Waals surface area contributed by atoms with E-state index in [9.17, 15) is 14.7 Å². The number of carbonyl (C=O) groups is 2. The van der Waals surface area contributed by atoms with E-state index in [2.05, 4.69) is 20.8 Å². The molecule has 1 atom stereocenters. The van der Waals surface area contributed by atoms with Crippen LogP contribution in [0.25, 0.3) is 5.76 Å². The Morgan fingerprint density at radius 3 is 2.46 bits per heavy atom. The van der Waals surface area contributed by atoms with Crippen LogP contribution >= 0.6 is 0 Å². The van der Waals surface area contributed by atoms with Gasteiger partial charge in [0.1, 0.15) is 17.3 Å². The molecule has 0 bridgehead atoms. The number of ether oxygens (including phenoxy) is 3. The van der Waals surface area contributed by atoms with Gasteiger partial charge in [-0.3, -0.25) is 9.59 Å². The number of methoxy groups -OCH3 is 2. The van der Waals surface area contributed by atoms with Crippen molar-refractivity contribution in [3.8, 4) is 11.5 Å². The third kappa shape index (κ3) is 5.51. The molecule has 0 aliphatic carbocycles. The lowest BCUT2D eigenvalue weighted by atomic mass is 9.85. The number of amides is 1. The molecule has 35 heavy (non-hydrogen) atoms. The van der Waals surface area contributed by atoms with Crippen molar-refractivity contribution in [2.75, 3.05) is 34.0 Å². The summed E-state index contributed by atoms with van der Waals surface area (Å²) in [7, 11) is 3.10. The monoisotopic (exact) mass is 481 g/mol. The molecule has 1 aliphatic rings. The van der Waals surface area contributed by atoms with Gasteiger partial charge in [0.2, 0.25) is 0 Å². The number of Topliss-reactive ketones (excluding diaryl/α,β-unsaturated/α-hetero) is 1. The van der Waals surface area contributed by atoms with Gasteiger partial charge in [0.15, 0.2) is 0 Å². The van der Waals surface area contributed by atoms with Crippen LogP contribution in [-0.4, -0.2) is 55.7 Å². The number of aliphatic hydroxyl groups is 1. The minimum Gasteiger partial charge on any atom is -0.507 e. The van der Waals surface area contributed by atoms with Gasteiger partial charge in [-0.05, 0) is 54.2 Å². The fraction of sp³-hybridized carbons (Fsp3) is 0.429. The molecule has 3 rings (SSSR count). The number of likely N-dealkylation sites (tertiary alicyclic amines) is 1. The summed E-state index contributed by atoms with van der Waals surface area (Å²) < 4.78 is 16.3. The number of nitrogens with zero attached hydrogens (tertiary/aromatic N) is 1. The topological polar surface area (TPSA) is 85.3 Å². The second-order valence-electron chi connectivity index (χ2n) is 9.51. The molecule has 1 aliphatic heterocycles. The van der Waals surface area contributed by atoms with Gasteiger partial charge in [-0.15, -0.1) is 0 Å². The van der Waals surface area contributed by atoms with Crippen LogP contribution in [0.4, 0.5) is 0 Å². The van der Waals surface area contributed by atoms with Crippen LogP contribution < -0.4 is 9.47 Å². The molecular weight excluding hydrogens is 446 g/mol. The molecule has 1 heterocycles. The summed E-state index contributed by atoms with van der Waals surface area (Å²) in [5.74, 6) is -0.592. The highest BCUT2D eigenvalue weighted by molar-refractivity contribution is 6.46. The zero-order valence-corrected chi connectivity index (χ0v) is 21.4. The lowest BCUT2D eigenvalue weighted by molar-refractivity contribution is -0.140. The number of carbonyl (C=O) groups excluding carboxylic acids is 2. The summed E-state index contributed by atoms with van der Waals surface area (Å²) >= 11 is 0. The number of rotatable bonds is 9. The third-order valence-corrected chi connectivity index (χ3v) is 6.09. The number of hydrogen-bond donors (Lipinski definition) is 1. The average Bonchev–Trinajstić information content (AvgIpc) is 3.08. The molecule has 0 spiro atoms. The van der Waals surface area contributed by atoms with Crippen molar-refractivity contribution in [1.29, 1.82) is 0 Å². The van der Waals surface area contributed by atoms with E-state index in [-0.39, 0.29) is 16.7 Å². The molecule has 188 valence electrons. The van der Waals surface area contributed by atoms with E-state index in [1.807, 2.05) is 37.3 Å². The Bertz CT molecular complexity index is 1110. The van der Waals surface area contributed by atoms with E-state index in [0.29, 0.717) is 48.8 Å². The molecule has 2 aromatic carbocycles. The minimum atomic E-state index is -0.768. The highest BCUT2D eigenvalue weighted by Crippen LogP contribution is 2.42. The highest BCUT2D eigenvalue weighted by atomic mass is 16.5. The molecule has 1 unspecified atom stereocenters. The van der Waals surface area contributed by atoms with Crippen LogP contribution in [-0.2, 0) is 19.7 Å². The van der Waals surface area contributed by atoms with Crippen molar-refractivity contribution in [3.05, 3.63) is 64.7 Å². The van der Waals surface area contributed by atoms with Crippen LogP contribution in [0.15, 0.2) is 48.0 Å². The first-order valence-corrected chi connectivity index (χ1v) is 11.8. The van der Waals surface area contributed by atoms with Crippen LogP contribution in [0, 0.1) is 0 Å². The van der Waals surface area contributed by atoms with Gasteiger partial charge in [0, 0.05) is 20.3 Å². The fourth-order valence-corrected chi connectivity index (χ4v) is 4.28. The van der Waals surface area contributed by atoms with Crippen molar-refractivity contribution in [2.45, 2.75) is 45.6 Å². The van der Waals surface area contributed by atoms with Gasteiger partial charge in [-0.1, -0.05) is 39.0 Å². The number of benzene rings is 2. The fourth-order valence-electron chi connectivity index (χ4n) is 4.28. The van der Waals surface area contributed by atoms with Crippen molar-refractivity contribution in [3.63, 3.8) is 0 Å². The van der Waals surface area contributed by atoms with Gasteiger partial charge in [0.05, 0.1) is 30.9 Å². The highest BCUT2D eigenvalue weighted by Gasteiger charge is 2.46. The van der Waals surface area contributed by atoms with E-state index in [1.54, 1.807) is 19.2 Å². The van der Waals surface area contributed by atoms with Gasteiger partial charge in [0.25, 0.3) is 11.7 Å². The Morgan fingerprint density at radius 2 is 1.83 bits per heavy atom. The second kappa shape index (κ2) is 11.0. The first-order valence-electron chi connectivity index (χ1n) is 11.8. The van der Waals surface area contributed by atoms with Crippen LogP contribution in [0.3, 0.4) is 0 Å². The predicted molar refractivity (Wildman–Crippen MR) is 135 cm³/mol. The molecule has 1 N–H and O–H groups in total. The van der Waals surface area contributed by atoms with Crippen molar-refractivity contribution in [1.82, 2.24) is 4.90 Å². The van der Waals surface area contributed by atoms with Crippen molar-refractivity contribution in [2.24, 2.45) is 0 Å². The number of aliphatic hydroxyl groups excluding tert-OH is 1. The van der Waals surface area contributed by atoms with E-state index in [1.165, 1.54) is 12.0 Å². The Hall–Kier alpha value is -3.32. The summed E-state index contributed by atoms with van der Waals surface area (Å²) in [6.07, 6.45) is 0.550. The largest absolute Gasteiger partial charge is 0.507 e. The number of ketones is 1. The van der Waals surface area contributed by atoms with Gasteiger partial charge < -0.3 is 24.2 Å². The van der Waals surface area contributed by atoms with Crippen LogP contribution in [0.5, 0.6) is 11.5 Å². The Balaban J connectivity index is 2.23. The summed E-state index contributed by atoms with van der Waals surface area (Å²) in [6.45, 7) is 9.30. The van der Waals surface area contributed by atoms with Gasteiger partial charge >= 0.3 is 0 Å². The molecule has 0 aromatic heterocycles. The normalized spacial score (nSPS) is 17.7. The molecule has 1 amide bonds. The summed E-state index contributed by atoms with van der Waals surface area (Å²) in [5.41, 5.74) is 1.86. The Labute approximate surface area is 207 Å². The maximum atomic E-state index is 13.3. The molecule has 7 heteroatoms.